The molecule has 4 aromatic rings. The fraction of sp³-hybridized carbons (Fsp3) is 0.333. The second-order valence-electron chi connectivity index (χ2n) is 14.1. The van der Waals surface area contributed by atoms with E-state index in [1.165, 1.54) is 66.8 Å². The molecule has 0 amide bonds. The van der Waals surface area contributed by atoms with E-state index in [0.717, 1.165) is 38.5 Å². The third kappa shape index (κ3) is 5.64. The topological polar surface area (TPSA) is 0 Å². The second-order valence-corrected chi connectivity index (χ2v) is 73.4. The van der Waals surface area contributed by atoms with Crippen molar-refractivity contribution in [1.82, 2.24) is 0 Å². The van der Waals surface area contributed by atoms with Gasteiger partial charge in [0.25, 0.3) is 0 Å². The molecule has 0 saturated carbocycles. The van der Waals surface area contributed by atoms with Gasteiger partial charge in [0.2, 0.25) is 0 Å². The first kappa shape index (κ1) is 33.9. The van der Waals surface area contributed by atoms with Crippen molar-refractivity contribution < 1.29 is 15.3 Å². The quantitative estimate of drug-likeness (QED) is 0.132. The average Bonchev–Trinajstić information content (AvgIpc) is 3.63. The number of allylic oxidation sites excluding steroid dienone is 2. The van der Waals surface area contributed by atoms with Crippen LogP contribution in [0.2, 0.25) is 13.1 Å². The number of hydrogen-bond acceptors (Lipinski definition) is 0. The summed E-state index contributed by atoms with van der Waals surface area (Å²) in [5.41, 5.74) is 16.4. The van der Waals surface area contributed by atoms with Crippen LogP contribution < -0.4 is 0 Å². The van der Waals surface area contributed by atoms with Gasteiger partial charge in [-0.25, -0.2) is 0 Å². The van der Waals surface area contributed by atoms with Crippen LogP contribution in [0.1, 0.15) is 93.1 Å². The van der Waals surface area contributed by atoms with Gasteiger partial charge in [-0.15, -0.1) is 0 Å². The van der Waals surface area contributed by atoms with Crippen LogP contribution >= 0.6 is 17.2 Å². The van der Waals surface area contributed by atoms with Crippen LogP contribution in [0.15, 0.2) is 96.1 Å². The Bertz CT molecular complexity index is 1700. The number of aryl methyl sites for hydroxylation is 2. The van der Waals surface area contributed by atoms with Gasteiger partial charge in [-0.1, -0.05) is 0 Å². The molecule has 0 nitrogen and oxygen atoms in total. The van der Waals surface area contributed by atoms with E-state index in [1.807, 2.05) is 0 Å². The van der Waals surface area contributed by atoms with E-state index in [0.29, 0.717) is 0 Å². The first-order valence-electron chi connectivity index (χ1n) is 17.5. The van der Waals surface area contributed by atoms with Gasteiger partial charge < -0.3 is 0 Å². The molecule has 239 valence electrons. The minimum atomic E-state index is -4.99. The number of rotatable bonds is 11. The van der Waals surface area contributed by atoms with Gasteiger partial charge in [-0.3, -0.25) is 0 Å². The third-order valence-corrected chi connectivity index (χ3v) is 83.9. The summed E-state index contributed by atoms with van der Waals surface area (Å²) in [4.78, 5) is 0. The van der Waals surface area contributed by atoms with Crippen molar-refractivity contribution in [2.24, 2.45) is 0 Å². The molecule has 0 radical (unpaired) electrons. The van der Waals surface area contributed by atoms with Crippen molar-refractivity contribution in [1.29, 1.82) is 0 Å². The summed E-state index contributed by atoms with van der Waals surface area (Å²) >= 11 is -4.99. The van der Waals surface area contributed by atoms with Crippen molar-refractivity contribution in [3.8, 4) is 22.3 Å². The number of unbranched alkanes of at least 4 members (excludes halogenated alkanes) is 2. The Morgan fingerprint density at radius 1 is 0.565 bits per heavy atom. The number of benzene rings is 4. The Hall–Kier alpha value is -1.97. The number of halogens is 2. The van der Waals surface area contributed by atoms with E-state index in [4.69, 9.17) is 17.2 Å². The molecule has 2 atom stereocenters. The van der Waals surface area contributed by atoms with Gasteiger partial charge >= 0.3 is 289 Å². The molecule has 0 aromatic heterocycles. The molecule has 46 heavy (non-hydrogen) atoms. The number of hydrogen-bond donors (Lipinski definition) is 0. The molecule has 0 aliphatic heterocycles. The Morgan fingerprint density at radius 3 is 1.33 bits per heavy atom. The molecular weight excluding hydrogens is 782 g/mol. The van der Waals surface area contributed by atoms with Crippen LogP contribution in [0.25, 0.3) is 34.4 Å². The molecule has 0 N–H and O–H groups in total. The Labute approximate surface area is 286 Å². The zero-order chi connectivity index (χ0) is 32.7. The molecule has 0 spiro atoms. The van der Waals surface area contributed by atoms with Crippen molar-refractivity contribution in [2.45, 2.75) is 86.7 Å². The third-order valence-electron chi connectivity index (χ3n) is 11.0. The van der Waals surface area contributed by atoms with Gasteiger partial charge in [-0.2, -0.15) is 0 Å². The van der Waals surface area contributed by atoms with E-state index >= 15 is 0 Å². The van der Waals surface area contributed by atoms with Crippen LogP contribution in [0, 0.1) is 13.8 Å². The SMILES string of the molecule is CCCCC1=Cc2c(-c3ccccc3C)cccc2[CH]1[Hf]([Cl])([Cl])([CH]1C(CCCC)=Cc2c(-c3ccccc3C)cccc21)[SiH](C)C. The summed E-state index contributed by atoms with van der Waals surface area (Å²) in [5, 5.41) is 0. The summed E-state index contributed by atoms with van der Waals surface area (Å²) in [6.45, 7) is 14.0. The van der Waals surface area contributed by atoms with Crippen LogP contribution in [-0.2, 0) is 15.3 Å². The van der Waals surface area contributed by atoms with Gasteiger partial charge in [0.15, 0.2) is 0 Å². The molecule has 6 rings (SSSR count). The molecule has 0 bridgehead atoms. The second kappa shape index (κ2) is 13.5. The molecule has 4 aromatic carbocycles. The first-order chi connectivity index (χ1) is 22.1. The molecule has 4 heteroatoms. The van der Waals surface area contributed by atoms with E-state index in [9.17, 15) is 0 Å². The first-order valence-corrected chi connectivity index (χ1v) is 39.6. The van der Waals surface area contributed by atoms with Crippen molar-refractivity contribution >= 4 is 35.3 Å². The molecule has 2 aliphatic carbocycles. The zero-order valence-corrected chi connectivity index (χ0v) is 34.7. The van der Waals surface area contributed by atoms with E-state index in [2.05, 4.69) is 138 Å². The zero-order valence-electron chi connectivity index (χ0n) is 28.5. The molecule has 2 unspecified atom stereocenters. The molecular formula is C42H49Cl2HfSi. The van der Waals surface area contributed by atoms with E-state index in [-0.39, 0.29) is 7.35 Å². The van der Waals surface area contributed by atoms with Crippen LogP contribution in [0.5, 0.6) is 0 Å². The Morgan fingerprint density at radius 2 is 0.957 bits per heavy atom. The average molecular weight is 831 g/mol. The summed E-state index contributed by atoms with van der Waals surface area (Å²) in [5.74, 6) is -1.61. The van der Waals surface area contributed by atoms with Gasteiger partial charge in [0.05, 0.1) is 0 Å². The van der Waals surface area contributed by atoms with Crippen LogP contribution in [0.3, 0.4) is 0 Å². The Kier molecular flexibility index (Phi) is 9.95. The van der Waals surface area contributed by atoms with Crippen LogP contribution in [-0.4, -0.2) is 5.98 Å². The monoisotopic (exact) mass is 831 g/mol. The van der Waals surface area contributed by atoms with Crippen molar-refractivity contribution in [3.63, 3.8) is 0 Å². The molecule has 0 fully saturated rings. The summed E-state index contributed by atoms with van der Waals surface area (Å²) < 4.78 is 0.279. The van der Waals surface area contributed by atoms with E-state index < -0.39 is 21.3 Å². The molecule has 0 saturated heterocycles. The maximum absolute atomic E-state index is 8.77. The summed E-state index contributed by atoms with van der Waals surface area (Å²) in [6.07, 6.45) is 11.8. The van der Waals surface area contributed by atoms with Crippen LogP contribution in [0.4, 0.5) is 0 Å². The van der Waals surface area contributed by atoms with Gasteiger partial charge in [0, 0.05) is 0 Å². The van der Waals surface area contributed by atoms with Crippen molar-refractivity contribution in [2.75, 3.05) is 0 Å². The van der Waals surface area contributed by atoms with Gasteiger partial charge in [0.1, 0.15) is 0 Å². The van der Waals surface area contributed by atoms with Gasteiger partial charge in [-0.05, 0) is 0 Å². The number of fused-ring (bicyclic) bond motifs is 2. The fourth-order valence-electron chi connectivity index (χ4n) is 8.48. The summed E-state index contributed by atoms with van der Waals surface area (Å²) in [7, 11) is 17.5. The van der Waals surface area contributed by atoms with E-state index in [1.54, 1.807) is 0 Å². The minimum absolute atomic E-state index is 0.139. The molecule has 2 aliphatic rings. The summed E-state index contributed by atoms with van der Waals surface area (Å²) in [6, 6.07) is 31.5. The maximum atomic E-state index is 8.77. The Balaban J connectivity index is 1.61. The normalized spacial score (nSPS) is 18.2. The molecule has 0 heterocycles. The fourth-order valence-corrected chi connectivity index (χ4v) is 53.1. The predicted octanol–water partition coefficient (Wildman–Crippen LogP) is 13.6. The predicted molar refractivity (Wildman–Crippen MR) is 204 cm³/mol. The van der Waals surface area contributed by atoms with Crippen molar-refractivity contribution in [3.05, 3.63) is 129 Å². The standard InChI is InChI=1S/2C20H21.C2H7Si.2ClH.Hf/c2*1-3-4-9-16-13-17-10-7-12-19(20(17)14-16)18-11-6-5-8-15(18)2;1-3-2;;;/h2*5-8,10-14H,3-4,9H2,1-2H3;3H,1-2H3;2*1H;/q;;;;;+2/p-2.